The molecule has 1 saturated heterocycles. The number of hydrogen-bond donors (Lipinski definition) is 3. The number of nitrogens with zero attached hydrogens (tertiary/aromatic N) is 1. The second-order valence-corrected chi connectivity index (χ2v) is 6.93. The molecule has 2 atom stereocenters. The van der Waals surface area contributed by atoms with Gasteiger partial charge in [-0.3, -0.25) is 14.9 Å². The summed E-state index contributed by atoms with van der Waals surface area (Å²) in [7, 11) is 0. The minimum absolute atomic E-state index is 0. The first kappa shape index (κ1) is 20.3. The zero-order valence-corrected chi connectivity index (χ0v) is 14.9. The predicted molar refractivity (Wildman–Crippen MR) is 93.7 cm³/mol. The number of benzene rings is 1. The normalized spacial score (nSPS) is 20.3. The standard InChI is InChI=1S/C16H23N3O4.ClH/c1-16(2,3)12-5-4-10(6-13(12)19(22)23)15(21)18-8-11-7-17-9-14(11)20;/h4-6,11,14,17,20H,7-9H2,1-3H3,(H,18,21);1H. The molecule has 7 nitrogen and oxygen atoms in total. The van der Waals surface area contributed by atoms with Crippen molar-refractivity contribution in [2.45, 2.75) is 32.3 Å². The summed E-state index contributed by atoms with van der Waals surface area (Å²) >= 11 is 0. The molecule has 1 amide bonds. The van der Waals surface area contributed by atoms with Gasteiger partial charge < -0.3 is 15.7 Å². The van der Waals surface area contributed by atoms with Crippen LogP contribution in [0.5, 0.6) is 0 Å². The fraction of sp³-hybridized carbons (Fsp3) is 0.562. The summed E-state index contributed by atoms with van der Waals surface area (Å²) < 4.78 is 0. The number of hydrogen-bond acceptors (Lipinski definition) is 5. The van der Waals surface area contributed by atoms with Crippen molar-refractivity contribution >= 4 is 24.0 Å². The Labute approximate surface area is 147 Å². The van der Waals surface area contributed by atoms with Gasteiger partial charge in [0.15, 0.2) is 0 Å². The fourth-order valence-electron chi connectivity index (χ4n) is 2.71. The molecule has 0 spiro atoms. The second kappa shape index (κ2) is 7.92. The van der Waals surface area contributed by atoms with E-state index in [2.05, 4.69) is 10.6 Å². The van der Waals surface area contributed by atoms with Gasteiger partial charge in [-0.2, -0.15) is 0 Å². The first-order valence-corrected chi connectivity index (χ1v) is 7.66. The van der Waals surface area contributed by atoms with Gasteiger partial charge in [0.2, 0.25) is 0 Å². The average Bonchev–Trinajstić information content (AvgIpc) is 2.88. The Morgan fingerprint density at radius 1 is 1.42 bits per heavy atom. The summed E-state index contributed by atoms with van der Waals surface area (Å²) in [5.74, 6) is -0.407. The van der Waals surface area contributed by atoms with Crippen molar-refractivity contribution in [3.8, 4) is 0 Å². The summed E-state index contributed by atoms with van der Waals surface area (Å²) in [4.78, 5) is 23.0. The number of aliphatic hydroxyl groups excluding tert-OH is 1. The predicted octanol–water partition coefficient (Wildman–Crippen LogP) is 1.62. The molecule has 1 aliphatic heterocycles. The maximum atomic E-state index is 12.2. The number of rotatable bonds is 4. The van der Waals surface area contributed by atoms with Crippen LogP contribution in [0.25, 0.3) is 0 Å². The van der Waals surface area contributed by atoms with Crippen molar-refractivity contribution in [2.24, 2.45) is 5.92 Å². The van der Waals surface area contributed by atoms with Gasteiger partial charge in [0.25, 0.3) is 11.6 Å². The van der Waals surface area contributed by atoms with E-state index < -0.39 is 11.0 Å². The van der Waals surface area contributed by atoms with Crippen LogP contribution >= 0.6 is 12.4 Å². The Bertz CT molecular complexity index is 616. The number of halogens is 1. The molecule has 1 fully saturated rings. The van der Waals surface area contributed by atoms with E-state index in [0.29, 0.717) is 25.2 Å². The Morgan fingerprint density at radius 3 is 2.58 bits per heavy atom. The largest absolute Gasteiger partial charge is 0.391 e. The van der Waals surface area contributed by atoms with Crippen LogP contribution in [0, 0.1) is 16.0 Å². The average molecular weight is 358 g/mol. The van der Waals surface area contributed by atoms with Crippen LogP contribution in [0.1, 0.15) is 36.7 Å². The highest BCUT2D eigenvalue weighted by Crippen LogP contribution is 2.31. The van der Waals surface area contributed by atoms with E-state index >= 15 is 0 Å². The molecule has 0 radical (unpaired) electrons. The van der Waals surface area contributed by atoms with Crippen LogP contribution in [0.4, 0.5) is 5.69 Å². The van der Waals surface area contributed by atoms with E-state index in [1.165, 1.54) is 6.07 Å². The van der Waals surface area contributed by atoms with Crippen molar-refractivity contribution in [1.82, 2.24) is 10.6 Å². The highest BCUT2D eigenvalue weighted by molar-refractivity contribution is 5.95. The molecule has 0 bridgehead atoms. The molecule has 0 aliphatic carbocycles. The maximum absolute atomic E-state index is 12.2. The van der Waals surface area contributed by atoms with Crippen LogP contribution in [0.2, 0.25) is 0 Å². The summed E-state index contributed by atoms with van der Waals surface area (Å²) in [5.41, 5.74) is 0.421. The van der Waals surface area contributed by atoms with Crippen molar-refractivity contribution in [3.63, 3.8) is 0 Å². The SMILES string of the molecule is CC(C)(C)c1ccc(C(=O)NCC2CNCC2O)cc1[N+](=O)[O-].Cl. The zero-order chi connectivity index (χ0) is 17.2. The highest BCUT2D eigenvalue weighted by Gasteiger charge is 2.27. The van der Waals surface area contributed by atoms with E-state index in [1.54, 1.807) is 12.1 Å². The molecular weight excluding hydrogens is 334 g/mol. The number of nitrogens with one attached hydrogen (secondary N) is 2. The van der Waals surface area contributed by atoms with Crippen LogP contribution in [0.15, 0.2) is 18.2 Å². The third-order valence-electron chi connectivity index (χ3n) is 4.09. The van der Waals surface area contributed by atoms with E-state index in [4.69, 9.17) is 0 Å². The number of nitro groups is 1. The Kier molecular flexibility index (Phi) is 6.71. The zero-order valence-electron chi connectivity index (χ0n) is 14.0. The molecule has 1 aromatic carbocycles. The van der Waals surface area contributed by atoms with Crippen LogP contribution in [-0.4, -0.2) is 41.7 Å². The number of carbonyl (C=O) groups excluding carboxylic acids is 1. The Balaban J connectivity index is 0.00000288. The minimum atomic E-state index is -0.479. The van der Waals surface area contributed by atoms with Crippen molar-refractivity contribution < 1.29 is 14.8 Å². The summed E-state index contributed by atoms with van der Waals surface area (Å²) in [6.45, 7) is 7.18. The lowest BCUT2D eigenvalue weighted by Gasteiger charge is -2.19. The molecule has 1 aliphatic rings. The molecule has 3 N–H and O–H groups in total. The Hall–Kier alpha value is -1.70. The number of β-amino-alcohol motifs (C(OH)–C–C–N with tert-alkyl or cyclic N) is 1. The first-order valence-electron chi connectivity index (χ1n) is 7.66. The summed E-state index contributed by atoms with van der Waals surface area (Å²) in [6.07, 6.45) is -0.479. The van der Waals surface area contributed by atoms with Crippen molar-refractivity contribution in [2.75, 3.05) is 19.6 Å². The number of carbonyl (C=O) groups is 1. The molecule has 1 aromatic rings. The summed E-state index contributed by atoms with van der Waals surface area (Å²) in [5, 5.41) is 26.8. The van der Waals surface area contributed by atoms with Crippen molar-refractivity contribution in [3.05, 3.63) is 39.4 Å². The van der Waals surface area contributed by atoms with Gasteiger partial charge in [-0.05, 0) is 11.5 Å². The quantitative estimate of drug-likeness (QED) is 0.561. The van der Waals surface area contributed by atoms with Gasteiger partial charge >= 0.3 is 0 Å². The van der Waals surface area contributed by atoms with E-state index in [9.17, 15) is 20.0 Å². The molecule has 24 heavy (non-hydrogen) atoms. The second-order valence-electron chi connectivity index (χ2n) is 6.93. The molecule has 134 valence electrons. The van der Waals surface area contributed by atoms with Gasteiger partial charge in [0.1, 0.15) is 0 Å². The van der Waals surface area contributed by atoms with Crippen LogP contribution in [0.3, 0.4) is 0 Å². The minimum Gasteiger partial charge on any atom is -0.391 e. The van der Waals surface area contributed by atoms with E-state index in [-0.39, 0.29) is 40.9 Å². The van der Waals surface area contributed by atoms with E-state index in [1.807, 2.05) is 20.8 Å². The first-order chi connectivity index (χ1) is 10.7. The number of aliphatic hydroxyl groups is 1. The molecule has 0 saturated carbocycles. The number of amides is 1. The number of nitro benzene ring substituents is 1. The third-order valence-corrected chi connectivity index (χ3v) is 4.09. The van der Waals surface area contributed by atoms with Gasteiger partial charge in [-0.25, -0.2) is 0 Å². The highest BCUT2D eigenvalue weighted by atomic mass is 35.5. The van der Waals surface area contributed by atoms with Gasteiger partial charge in [0.05, 0.1) is 11.0 Å². The van der Waals surface area contributed by atoms with Crippen LogP contribution < -0.4 is 10.6 Å². The summed E-state index contributed by atoms with van der Waals surface area (Å²) in [6, 6.07) is 4.56. The molecule has 1 heterocycles. The third kappa shape index (κ3) is 4.66. The van der Waals surface area contributed by atoms with Gasteiger partial charge in [0, 0.05) is 42.7 Å². The molecule has 8 heteroatoms. The topological polar surface area (TPSA) is 104 Å². The van der Waals surface area contributed by atoms with E-state index in [0.717, 1.165) is 0 Å². The lowest BCUT2D eigenvalue weighted by molar-refractivity contribution is -0.386. The maximum Gasteiger partial charge on any atom is 0.273 e. The fourth-order valence-corrected chi connectivity index (χ4v) is 2.71. The van der Waals surface area contributed by atoms with Crippen molar-refractivity contribution in [1.29, 1.82) is 0 Å². The van der Waals surface area contributed by atoms with Crippen LogP contribution in [-0.2, 0) is 5.41 Å². The van der Waals surface area contributed by atoms with Gasteiger partial charge in [-0.1, -0.05) is 26.8 Å². The lowest BCUT2D eigenvalue weighted by Crippen LogP contribution is -2.34. The Morgan fingerprint density at radius 2 is 2.08 bits per heavy atom. The molecule has 2 unspecified atom stereocenters. The molecule has 2 rings (SSSR count). The van der Waals surface area contributed by atoms with Gasteiger partial charge in [-0.15, -0.1) is 12.4 Å². The molecular formula is C16H24ClN3O4. The lowest BCUT2D eigenvalue weighted by atomic mass is 9.85. The monoisotopic (exact) mass is 357 g/mol. The smallest absolute Gasteiger partial charge is 0.273 e. The molecule has 0 aromatic heterocycles.